The lowest BCUT2D eigenvalue weighted by Gasteiger charge is -2.58. The van der Waals surface area contributed by atoms with E-state index in [-0.39, 0.29) is 16.7 Å². The summed E-state index contributed by atoms with van der Waals surface area (Å²) in [6.45, 7) is 10.7. The largest absolute Gasteiger partial charge is 0.323 e. The van der Waals surface area contributed by atoms with Crippen molar-refractivity contribution in [3.63, 3.8) is 0 Å². The number of sulfone groups is 1. The molecule has 1 aliphatic rings. The molecule has 118 valence electrons. The fraction of sp³-hybridized carbons (Fsp3) is 0.647. The van der Waals surface area contributed by atoms with Crippen molar-refractivity contribution in [2.45, 2.75) is 50.3 Å². The van der Waals surface area contributed by atoms with Crippen molar-refractivity contribution in [2.24, 2.45) is 5.41 Å². The van der Waals surface area contributed by atoms with Gasteiger partial charge in [0, 0.05) is 5.41 Å². The summed E-state index contributed by atoms with van der Waals surface area (Å²) in [6, 6.07) is 9.08. The molecule has 2 atom stereocenters. The fourth-order valence-electron chi connectivity index (χ4n) is 4.02. The molecule has 1 aromatic rings. The van der Waals surface area contributed by atoms with Crippen molar-refractivity contribution in [2.75, 3.05) is 20.1 Å². The monoisotopic (exact) mass is 310 g/mol. The average molecular weight is 310 g/mol. The van der Waals surface area contributed by atoms with Crippen LogP contribution in [0.2, 0.25) is 0 Å². The van der Waals surface area contributed by atoms with Crippen molar-refractivity contribution in [3.05, 3.63) is 30.3 Å². The fourth-order valence-corrected chi connectivity index (χ4v) is 6.56. The molecule has 2 rings (SSSR count). The Labute approximate surface area is 129 Å². The van der Waals surface area contributed by atoms with Gasteiger partial charge in [0.1, 0.15) is 11.3 Å². The quantitative estimate of drug-likeness (QED) is 0.783. The van der Waals surface area contributed by atoms with Crippen molar-refractivity contribution in [1.82, 2.24) is 0 Å². The molecule has 3 nitrogen and oxygen atoms in total. The maximum Gasteiger partial charge on any atom is 0.187 e. The summed E-state index contributed by atoms with van der Waals surface area (Å²) in [7, 11) is -1.05. The van der Waals surface area contributed by atoms with Gasteiger partial charge in [-0.25, -0.2) is 8.42 Å². The second-order valence-electron chi connectivity index (χ2n) is 7.15. The lowest BCUT2D eigenvalue weighted by molar-refractivity contribution is -0.943. The molecule has 1 aromatic carbocycles. The highest BCUT2D eigenvalue weighted by Gasteiger charge is 2.61. The Kier molecular flexibility index (Phi) is 4.24. The minimum Gasteiger partial charge on any atom is -0.323 e. The predicted molar refractivity (Wildman–Crippen MR) is 86.9 cm³/mol. The Morgan fingerprint density at radius 1 is 1.14 bits per heavy atom. The second-order valence-corrected chi connectivity index (χ2v) is 9.31. The summed E-state index contributed by atoms with van der Waals surface area (Å²) >= 11 is 0. The van der Waals surface area contributed by atoms with Crippen LogP contribution < -0.4 is 0 Å². The lowest BCUT2D eigenvalue weighted by Crippen LogP contribution is -2.71. The molecule has 0 amide bonds. The summed E-state index contributed by atoms with van der Waals surface area (Å²) in [5, 5.41) is -0.264. The molecule has 21 heavy (non-hydrogen) atoms. The van der Waals surface area contributed by atoms with Crippen LogP contribution in [0.4, 0.5) is 0 Å². The minimum atomic E-state index is -3.24. The van der Waals surface area contributed by atoms with Gasteiger partial charge in [-0.2, -0.15) is 0 Å². The molecule has 0 heterocycles. The first-order chi connectivity index (χ1) is 9.69. The van der Waals surface area contributed by atoms with Crippen LogP contribution in [0.1, 0.15) is 34.1 Å². The first-order valence-electron chi connectivity index (χ1n) is 7.82. The standard InChI is InChI=1S/C17H28NO2S/c1-6-18(5,7-2)16-15(13-17(16,3)4)21(19,20)14-11-9-8-10-12-14/h8-12,15-16H,6-7,13H2,1-5H3/q+1/t15-,16+/m0/s1. The Balaban J connectivity index is 2.41. The van der Waals surface area contributed by atoms with E-state index in [9.17, 15) is 8.42 Å². The van der Waals surface area contributed by atoms with Gasteiger partial charge in [0.2, 0.25) is 0 Å². The molecule has 0 spiro atoms. The number of benzene rings is 1. The summed E-state index contributed by atoms with van der Waals surface area (Å²) in [5.74, 6) is 0. The van der Waals surface area contributed by atoms with Gasteiger partial charge in [-0.3, -0.25) is 0 Å². The summed E-state index contributed by atoms with van der Waals surface area (Å²) in [4.78, 5) is 0.467. The molecule has 0 unspecified atom stereocenters. The van der Waals surface area contributed by atoms with Gasteiger partial charge in [0.05, 0.1) is 25.0 Å². The van der Waals surface area contributed by atoms with E-state index in [0.717, 1.165) is 24.0 Å². The Morgan fingerprint density at radius 2 is 1.67 bits per heavy atom. The van der Waals surface area contributed by atoms with Crippen LogP contribution in [-0.2, 0) is 9.84 Å². The van der Waals surface area contributed by atoms with Crippen molar-refractivity contribution in [1.29, 1.82) is 0 Å². The van der Waals surface area contributed by atoms with E-state index >= 15 is 0 Å². The molecule has 1 aliphatic carbocycles. The van der Waals surface area contributed by atoms with Gasteiger partial charge in [0.15, 0.2) is 9.84 Å². The Hall–Kier alpha value is -0.870. The number of hydrogen-bond donors (Lipinski definition) is 0. The molecule has 0 N–H and O–H groups in total. The number of hydrogen-bond acceptors (Lipinski definition) is 2. The first-order valence-corrected chi connectivity index (χ1v) is 9.37. The third-order valence-electron chi connectivity index (χ3n) is 5.47. The SMILES string of the molecule is CC[N+](C)(CC)[C@@H]1[C@@H](S(=O)(=O)c2ccccc2)CC1(C)C. The predicted octanol–water partition coefficient (Wildman–Crippen LogP) is 3.11. The van der Waals surface area contributed by atoms with Crippen LogP contribution >= 0.6 is 0 Å². The normalized spacial score (nSPS) is 25.4. The third-order valence-corrected chi connectivity index (χ3v) is 7.62. The van der Waals surface area contributed by atoms with Gasteiger partial charge >= 0.3 is 0 Å². The first kappa shape index (κ1) is 16.5. The topological polar surface area (TPSA) is 34.1 Å². The third kappa shape index (κ3) is 2.64. The van der Waals surface area contributed by atoms with Gasteiger partial charge in [-0.05, 0) is 32.4 Å². The molecule has 0 bridgehead atoms. The van der Waals surface area contributed by atoms with E-state index < -0.39 is 9.84 Å². The lowest BCUT2D eigenvalue weighted by atomic mass is 9.65. The highest BCUT2D eigenvalue weighted by atomic mass is 32.2. The summed E-state index contributed by atoms with van der Waals surface area (Å²) in [5.41, 5.74) is 0.0767. The van der Waals surface area contributed by atoms with E-state index in [2.05, 4.69) is 34.7 Å². The number of quaternary nitrogens is 1. The van der Waals surface area contributed by atoms with E-state index in [1.807, 2.05) is 6.07 Å². The molecule has 1 saturated carbocycles. The van der Waals surface area contributed by atoms with Crippen LogP contribution in [0, 0.1) is 5.41 Å². The number of rotatable bonds is 5. The average Bonchev–Trinajstić information content (AvgIpc) is 2.45. The van der Waals surface area contributed by atoms with E-state index in [4.69, 9.17) is 0 Å². The van der Waals surface area contributed by atoms with Crippen molar-refractivity contribution in [3.8, 4) is 0 Å². The summed E-state index contributed by atoms with van der Waals surface area (Å²) in [6.07, 6.45) is 0.753. The van der Waals surface area contributed by atoms with E-state index in [1.165, 1.54) is 0 Å². The zero-order chi connectivity index (χ0) is 15.9. The zero-order valence-electron chi connectivity index (χ0n) is 13.8. The molecule has 0 aromatic heterocycles. The van der Waals surface area contributed by atoms with Gasteiger partial charge in [-0.1, -0.05) is 32.0 Å². The molecular weight excluding hydrogens is 282 g/mol. The Bertz CT molecular complexity index is 588. The Morgan fingerprint density at radius 3 is 2.10 bits per heavy atom. The van der Waals surface area contributed by atoms with Crippen molar-refractivity contribution >= 4 is 9.84 Å². The maximum atomic E-state index is 13.0. The molecule has 0 saturated heterocycles. The smallest absolute Gasteiger partial charge is 0.187 e. The molecule has 4 heteroatoms. The van der Waals surface area contributed by atoms with Crippen LogP contribution in [0.5, 0.6) is 0 Å². The van der Waals surface area contributed by atoms with Gasteiger partial charge in [-0.15, -0.1) is 0 Å². The number of nitrogens with zero attached hydrogens (tertiary/aromatic N) is 1. The highest BCUT2D eigenvalue weighted by Crippen LogP contribution is 2.50. The van der Waals surface area contributed by atoms with Gasteiger partial charge in [0.25, 0.3) is 0 Å². The van der Waals surface area contributed by atoms with Crippen LogP contribution in [-0.4, -0.2) is 44.3 Å². The maximum absolute atomic E-state index is 13.0. The van der Waals surface area contributed by atoms with E-state index in [0.29, 0.717) is 4.90 Å². The van der Waals surface area contributed by atoms with Crippen LogP contribution in [0.3, 0.4) is 0 Å². The molecular formula is C17H28NO2S+. The van der Waals surface area contributed by atoms with E-state index in [1.54, 1.807) is 24.3 Å². The summed E-state index contributed by atoms with van der Waals surface area (Å²) < 4.78 is 26.8. The van der Waals surface area contributed by atoms with Crippen molar-refractivity contribution < 1.29 is 12.9 Å². The zero-order valence-corrected chi connectivity index (χ0v) is 14.7. The molecule has 0 aliphatic heterocycles. The van der Waals surface area contributed by atoms with Crippen LogP contribution in [0.15, 0.2) is 35.2 Å². The molecule has 1 fully saturated rings. The molecule has 0 radical (unpaired) electrons. The highest BCUT2D eigenvalue weighted by molar-refractivity contribution is 7.92. The van der Waals surface area contributed by atoms with Gasteiger partial charge < -0.3 is 4.48 Å². The second kappa shape index (κ2) is 5.40. The minimum absolute atomic E-state index is 0.0767. The van der Waals surface area contributed by atoms with Crippen LogP contribution in [0.25, 0.3) is 0 Å².